The van der Waals surface area contributed by atoms with E-state index in [1.54, 1.807) is 6.92 Å². The molecule has 184 valence electrons. The van der Waals surface area contributed by atoms with Gasteiger partial charge in [0.1, 0.15) is 0 Å². The van der Waals surface area contributed by atoms with Crippen molar-refractivity contribution < 1.29 is 9.32 Å². The van der Waals surface area contributed by atoms with Gasteiger partial charge < -0.3 is 9.32 Å². The summed E-state index contributed by atoms with van der Waals surface area (Å²) in [6, 6.07) is 16.4. The van der Waals surface area contributed by atoms with Crippen LogP contribution in [-0.4, -0.2) is 25.7 Å². The quantitative estimate of drug-likeness (QED) is 0.328. The first-order valence-electron chi connectivity index (χ1n) is 12.5. The maximum absolute atomic E-state index is 12.9. The Labute approximate surface area is 215 Å². The lowest BCUT2D eigenvalue weighted by Crippen LogP contribution is -2.46. The molecule has 4 aromatic rings. The average Bonchev–Trinajstić information content (AvgIpc) is 3.51. The monoisotopic (exact) mass is 489 g/mol. The molecule has 2 aromatic heterocycles. The highest BCUT2D eigenvalue weighted by molar-refractivity contribution is 6.00. The molecular formula is C30H27N5O2. The minimum absolute atomic E-state index is 0.0505. The second-order valence-corrected chi connectivity index (χ2v) is 10.4. The predicted molar refractivity (Wildman–Crippen MR) is 140 cm³/mol. The summed E-state index contributed by atoms with van der Waals surface area (Å²) >= 11 is 0. The molecule has 2 aliphatic rings. The van der Waals surface area contributed by atoms with Crippen molar-refractivity contribution in [3.8, 4) is 28.3 Å². The molecule has 0 N–H and O–H groups in total. The van der Waals surface area contributed by atoms with Crippen LogP contribution in [0.1, 0.15) is 43.0 Å². The number of ketones is 1. The third-order valence-electron chi connectivity index (χ3n) is 8.02. The molecule has 0 aliphatic heterocycles. The molecule has 37 heavy (non-hydrogen) atoms. The van der Waals surface area contributed by atoms with E-state index in [1.165, 1.54) is 11.1 Å². The van der Waals surface area contributed by atoms with Gasteiger partial charge in [0, 0.05) is 34.9 Å². The number of aromatic nitrogens is 4. The average molecular weight is 490 g/mol. The van der Waals surface area contributed by atoms with Crippen molar-refractivity contribution in [3.05, 3.63) is 94.4 Å². The number of nitrogens with zero attached hydrogens (tertiary/aromatic N) is 5. The summed E-state index contributed by atoms with van der Waals surface area (Å²) in [5, 5.41) is 9.21. The molecule has 0 radical (unpaired) electrons. The fourth-order valence-corrected chi connectivity index (χ4v) is 6.12. The number of aryl methyl sites for hydroxylation is 2. The van der Waals surface area contributed by atoms with Crippen molar-refractivity contribution in [3.63, 3.8) is 0 Å². The molecule has 0 saturated carbocycles. The first-order chi connectivity index (χ1) is 17.8. The Kier molecular flexibility index (Phi) is 5.23. The number of benzene rings is 2. The molecule has 0 unspecified atom stereocenters. The number of carbonyl (C=O) groups is 1. The van der Waals surface area contributed by atoms with E-state index < -0.39 is 5.41 Å². The first kappa shape index (κ1) is 23.1. The van der Waals surface area contributed by atoms with E-state index in [-0.39, 0.29) is 23.3 Å². The van der Waals surface area contributed by atoms with Crippen LogP contribution < -0.4 is 0 Å². The summed E-state index contributed by atoms with van der Waals surface area (Å²) < 4.78 is 7.16. The van der Waals surface area contributed by atoms with E-state index in [9.17, 15) is 4.79 Å². The Morgan fingerprint density at radius 2 is 1.78 bits per heavy atom. The number of rotatable bonds is 3. The van der Waals surface area contributed by atoms with Gasteiger partial charge in [-0.2, -0.15) is 10.1 Å². The Hall–Kier alpha value is -4.31. The zero-order valence-corrected chi connectivity index (χ0v) is 21.3. The van der Waals surface area contributed by atoms with Gasteiger partial charge in [-0.05, 0) is 49.9 Å². The molecule has 2 aromatic carbocycles. The minimum Gasteiger partial charge on any atom is -0.339 e. The molecule has 0 amide bonds. The van der Waals surface area contributed by atoms with Crippen molar-refractivity contribution >= 4 is 5.78 Å². The zero-order valence-electron chi connectivity index (χ0n) is 21.3. The normalized spacial score (nSPS) is 22.7. The molecule has 2 aliphatic carbocycles. The van der Waals surface area contributed by atoms with Gasteiger partial charge >= 0.3 is 0 Å². The van der Waals surface area contributed by atoms with Crippen LogP contribution in [0, 0.1) is 32.3 Å². The van der Waals surface area contributed by atoms with E-state index in [1.807, 2.05) is 41.9 Å². The Balaban J connectivity index is 1.57. The molecular weight excluding hydrogens is 462 g/mol. The summed E-state index contributed by atoms with van der Waals surface area (Å²) in [7, 11) is 0. The van der Waals surface area contributed by atoms with Gasteiger partial charge in [-0.1, -0.05) is 54.9 Å². The molecule has 0 fully saturated rings. The zero-order chi connectivity index (χ0) is 25.9. The molecule has 3 atom stereocenters. The SMILES string of the molecule is [C-]#[N+]C1=C[C@@]2(C)c3c(c(-c4ccc(C)cc4)nn3-c3ccc(-c4noc(C)n4)cc3)CC[C@@H]2[C@@H](C)C1=O. The van der Waals surface area contributed by atoms with E-state index >= 15 is 0 Å². The number of allylic oxidation sites excluding steroid dienone is 2. The molecule has 7 nitrogen and oxygen atoms in total. The number of hydrogen-bond donors (Lipinski definition) is 0. The molecule has 6 rings (SSSR count). The van der Waals surface area contributed by atoms with E-state index in [4.69, 9.17) is 16.2 Å². The molecule has 0 spiro atoms. The fraction of sp³-hybridized carbons (Fsp3) is 0.300. The van der Waals surface area contributed by atoms with Crippen LogP contribution in [0.5, 0.6) is 0 Å². The maximum atomic E-state index is 12.9. The van der Waals surface area contributed by atoms with Crippen LogP contribution in [0.25, 0.3) is 33.2 Å². The van der Waals surface area contributed by atoms with Crippen LogP contribution in [0.2, 0.25) is 0 Å². The van der Waals surface area contributed by atoms with Gasteiger partial charge in [0.25, 0.3) is 0 Å². The number of hydrogen-bond acceptors (Lipinski definition) is 5. The maximum Gasteiger partial charge on any atom is 0.226 e. The summed E-state index contributed by atoms with van der Waals surface area (Å²) in [4.78, 5) is 20.9. The second-order valence-electron chi connectivity index (χ2n) is 10.4. The first-order valence-corrected chi connectivity index (χ1v) is 12.5. The third kappa shape index (κ3) is 3.55. The van der Waals surface area contributed by atoms with Crippen molar-refractivity contribution in [1.29, 1.82) is 0 Å². The lowest BCUT2D eigenvalue weighted by Gasteiger charge is -2.45. The summed E-state index contributed by atoms with van der Waals surface area (Å²) in [5.41, 5.74) is 6.95. The van der Waals surface area contributed by atoms with E-state index in [0.717, 1.165) is 41.0 Å². The van der Waals surface area contributed by atoms with Crippen LogP contribution >= 0.6 is 0 Å². The van der Waals surface area contributed by atoms with Gasteiger partial charge in [-0.15, -0.1) is 0 Å². The highest BCUT2D eigenvalue weighted by atomic mass is 16.5. The van der Waals surface area contributed by atoms with Crippen molar-refractivity contribution in [1.82, 2.24) is 19.9 Å². The van der Waals surface area contributed by atoms with Gasteiger partial charge in [-0.25, -0.2) is 9.53 Å². The van der Waals surface area contributed by atoms with Crippen LogP contribution in [0.3, 0.4) is 0 Å². The summed E-state index contributed by atoms with van der Waals surface area (Å²) in [6.45, 7) is 15.7. The molecule has 0 saturated heterocycles. The van der Waals surface area contributed by atoms with Gasteiger partial charge in [0.15, 0.2) is 5.78 Å². The van der Waals surface area contributed by atoms with Crippen LogP contribution in [0.15, 0.2) is 64.8 Å². The Morgan fingerprint density at radius 3 is 2.43 bits per heavy atom. The van der Waals surface area contributed by atoms with Gasteiger partial charge in [0.2, 0.25) is 17.4 Å². The van der Waals surface area contributed by atoms with E-state index in [2.05, 4.69) is 53.1 Å². The Morgan fingerprint density at radius 1 is 1.08 bits per heavy atom. The molecule has 2 heterocycles. The third-order valence-corrected chi connectivity index (χ3v) is 8.02. The van der Waals surface area contributed by atoms with Crippen LogP contribution in [0.4, 0.5) is 0 Å². The Bertz CT molecular complexity index is 1600. The minimum atomic E-state index is -0.500. The van der Waals surface area contributed by atoms with Crippen molar-refractivity contribution in [2.75, 3.05) is 0 Å². The highest BCUT2D eigenvalue weighted by Crippen LogP contribution is 2.52. The molecule has 0 bridgehead atoms. The lowest BCUT2D eigenvalue weighted by molar-refractivity contribution is -0.121. The predicted octanol–water partition coefficient (Wildman–Crippen LogP) is 6.05. The topological polar surface area (TPSA) is 78.2 Å². The fourth-order valence-electron chi connectivity index (χ4n) is 6.12. The van der Waals surface area contributed by atoms with Crippen molar-refractivity contribution in [2.24, 2.45) is 11.8 Å². The largest absolute Gasteiger partial charge is 0.339 e. The molecule has 7 heteroatoms. The second kappa shape index (κ2) is 8.38. The standard InChI is InChI=1S/C30H27N5O2/c1-17-6-8-20(9-7-17)26-23-14-15-24-18(2)27(36)25(31-5)16-30(24,4)28(23)35(33-26)22-12-10-21(11-13-22)29-32-19(3)37-34-29/h6-13,16,18,24H,14-15H2,1-4H3/t18-,24-,30-/m1/s1. The highest BCUT2D eigenvalue weighted by Gasteiger charge is 2.50. The van der Waals surface area contributed by atoms with Crippen LogP contribution in [-0.2, 0) is 16.6 Å². The smallest absolute Gasteiger partial charge is 0.226 e. The lowest BCUT2D eigenvalue weighted by atomic mass is 9.58. The van der Waals surface area contributed by atoms with Gasteiger partial charge in [-0.3, -0.25) is 0 Å². The van der Waals surface area contributed by atoms with Gasteiger partial charge in [0.05, 0.1) is 23.6 Å². The van der Waals surface area contributed by atoms with Crippen molar-refractivity contribution in [2.45, 2.75) is 46.0 Å². The van der Waals surface area contributed by atoms with E-state index in [0.29, 0.717) is 11.7 Å². The summed E-state index contributed by atoms with van der Waals surface area (Å²) in [5.74, 6) is 0.891. The number of carbonyl (C=O) groups excluding carboxylic acids is 1. The number of fused-ring (bicyclic) bond motifs is 3. The summed E-state index contributed by atoms with van der Waals surface area (Å²) in [6.07, 6.45) is 3.61. The number of Topliss-reactive ketones (excluding diaryl/α,β-unsaturated/α-hetero) is 1.